The van der Waals surface area contributed by atoms with Gasteiger partial charge in [0.2, 0.25) is 5.82 Å². The van der Waals surface area contributed by atoms with Crippen LogP contribution in [0.2, 0.25) is 0 Å². The Morgan fingerprint density at radius 1 is 1.22 bits per heavy atom. The van der Waals surface area contributed by atoms with E-state index in [1.807, 2.05) is 31.2 Å². The van der Waals surface area contributed by atoms with Gasteiger partial charge in [0.1, 0.15) is 5.69 Å². The summed E-state index contributed by atoms with van der Waals surface area (Å²) in [6, 6.07) is 7.87. The summed E-state index contributed by atoms with van der Waals surface area (Å²) in [5.41, 5.74) is 4.09. The first kappa shape index (κ1) is 13.9. The van der Waals surface area contributed by atoms with E-state index in [2.05, 4.69) is 20.3 Å². The highest BCUT2D eigenvalue weighted by Gasteiger charge is 2.27. The second kappa shape index (κ2) is 5.15. The molecule has 1 aliphatic rings. The van der Waals surface area contributed by atoms with Gasteiger partial charge in [-0.15, -0.1) is 0 Å². The quantitative estimate of drug-likeness (QED) is 0.802. The molecule has 1 aliphatic carbocycles. The van der Waals surface area contributed by atoms with E-state index in [1.54, 1.807) is 6.92 Å². The summed E-state index contributed by atoms with van der Waals surface area (Å²) < 4.78 is 4.63. The van der Waals surface area contributed by atoms with Crippen LogP contribution in [0.15, 0.2) is 28.9 Å². The Morgan fingerprint density at radius 3 is 2.74 bits per heavy atom. The number of rotatable bonds is 3. The van der Waals surface area contributed by atoms with Crippen LogP contribution in [-0.4, -0.2) is 21.2 Å². The van der Waals surface area contributed by atoms with E-state index in [0.29, 0.717) is 23.0 Å². The van der Waals surface area contributed by atoms with Gasteiger partial charge in [-0.3, -0.25) is 9.78 Å². The average Bonchev–Trinajstić information content (AvgIpc) is 3.31. The van der Waals surface area contributed by atoms with E-state index in [4.69, 9.17) is 4.98 Å². The predicted molar refractivity (Wildman–Crippen MR) is 85.4 cm³/mol. The van der Waals surface area contributed by atoms with Crippen LogP contribution in [0.5, 0.6) is 0 Å². The molecule has 6 nitrogen and oxygen atoms in total. The van der Waals surface area contributed by atoms with Crippen LogP contribution in [0.3, 0.4) is 0 Å². The van der Waals surface area contributed by atoms with Crippen molar-refractivity contribution in [3.8, 4) is 0 Å². The van der Waals surface area contributed by atoms with E-state index in [1.165, 1.54) is 0 Å². The van der Waals surface area contributed by atoms with Gasteiger partial charge in [0.15, 0.2) is 0 Å². The van der Waals surface area contributed by atoms with E-state index in [9.17, 15) is 4.79 Å². The molecule has 0 saturated heterocycles. The number of nitrogens with one attached hydrogen (secondary N) is 1. The summed E-state index contributed by atoms with van der Waals surface area (Å²) >= 11 is 0. The molecule has 2 heterocycles. The lowest BCUT2D eigenvalue weighted by Gasteiger charge is -2.10. The van der Waals surface area contributed by atoms with Crippen molar-refractivity contribution in [3.05, 3.63) is 46.8 Å². The van der Waals surface area contributed by atoms with Crippen molar-refractivity contribution < 1.29 is 9.42 Å². The van der Waals surface area contributed by atoms with Gasteiger partial charge in [0, 0.05) is 17.0 Å². The summed E-state index contributed by atoms with van der Waals surface area (Å²) in [4.78, 5) is 17.4. The molecule has 1 aromatic carbocycles. The largest absolute Gasteiger partial charge is 0.302 e. The van der Waals surface area contributed by atoms with Crippen molar-refractivity contribution in [3.63, 3.8) is 0 Å². The zero-order valence-electron chi connectivity index (χ0n) is 13.0. The fourth-order valence-corrected chi connectivity index (χ4v) is 2.66. The molecule has 6 heteroatoms. The number of carbonyl (C=O) groups excluding carboxylic acids is 1. The molecule has 4 rings (SSSR count). The zero-order valence-corrected chi connectivity index (χ0v) is 13.0. The number of benzene rings is 1. The number of anilines is 1. The van der Waals surface area contributed by atoms with Crippen molar-refractivity contribution in [1.82, 2.24) is 15.3 Å². The molecule has 1 amide bonds. The van der Waals surface area contributed by atoms with E-state index >= 15 is 0 Å². The lowest BCUT2D eigenvalue weighted by molar-refractivity contribution is 0.102. The van der Waals surface area contributed by atoms with E-state index < -0.39 is 0 Å². The first-order chi connectivity index (χ1) is 11.1. The average molecular weight is 308 g/mol. The third-order valence-electron chi connectivity index (χ3n) is 4.11. The van der Waals surface area contributed by atoms with Gasteiger partial charge in [-0.2, -0.15) is 0 Å². The SMILES string of the molecule is Cc1ccc2nc(C3CC3)cc(C(=O)Nc3nonc3C)c2c1. The third-order valence-corrected chi connectivity index (χ3v) is 4.11. The van der Waals surface area contributed by atoms with Crippen LogP contribution in [0.4, 0.5) is 5.82 Å². The van der Waals surface area contributed by atoms with Crippen molar-refractivity contribution in [2.24, 2.45) is 0 Å². The maximum absolute atomic E-state index is 12.7. The Hall–Kier alpha value is -2.76. The minimum atomic E-state index is -0.219. The molecule has 0 radical (unpaired) electrons. The summed E-state index contributed by atoms with van der Waals surface area (Å²) in [6.45, 7) is 3.73. The number of hydrogen-bond acceptors (Lipinski definition) is 5. The molecule has 1 saturated carbocycles. The van der Waals surface area contributed by atoms with Gasteiger partial charge in [0.25, 0.3) is 5.91 Å². The molecule has 23 heavy (non-hydrogen) atoms. The molecule has 0 bridgehead atoms. The number of aromatic nitrogens is 3. The molecule has 0 atom stereocenters. The number of hydrogen-bond donors (Lipinski definition) is 1. The molecular formula is C17H16N4O2. The second-order valence-corrected chi connectivity index (χ2v) is 6.04. The standard InChI is InChI=1S/C17H16N4O2/c1-9-3-6-14-12(7-9)13(8-15(18-14)11-4-5-11)17(22)19-16-10(2)20-23-21-16/h3,6-8,11H,4-5H2,1-2H3,(H,19,21,22). The Morgan fingerprint density at radius 2 is 2.04 bits per heavy atom. The molecule has 2 aromatic heterocycles. The lowest BCUT2D eigenvalue weighted by atomic mass is 10.0. The Labute approximate surface area is 132 Å². The van der Waals surface area contributed by atoms with Gasteiger partial charge in [0.05, 0.1) is 11.1 Å². The monoisotopic (exact) mass is 308 g/mol. The number of fused-ring (bicyclic) bond motifs is 1. The highest BCUT2D eigenvalue weighted by Crippen LogP contribution is 2.40. The number of carbonyl (C=O) groups is 1. The van der Waals surface area contributed by atoms with Crippen LogP contribution in [0.25, 0.3) is 10.9 Å². The van der Waals surface area contributed by atoms with Crippen LogP contribution >= 0.6 is 0 Å². The summed E-state index contributed by atoms with van der Waals surface area (Å²) in [7, 11) is 0. The zero-order chi connectivity index (χ0) is 16.0. The number of amides is 1. The number of aryl methyl sites for hydroxylation is 2. The molecule has 3 aromatic rings. The van der Waals surface area contributed by atoms with E-state index in [0.717, 1.165) is 35.0 Å². The smallest absolute Gasteiger partial charge is 0.257 e. The molecule has 0 aliphatic heterocycles. The Kier molecular flexibility index (Phi) is 3.11. The summed E-state index contributed by atoms with van der Waals surface area (Å²) in [6.07, 6.45) is 2.27. The summed E-state index contributed by atoms with van der Waals surface area (Å²) in [5.74, 6) is 0.604. The van der Waals surface area contributed by atoms with E-state index in [-0.39, 0.29) is 5.91 Å². The third kappa shape index (κ3) is 2.56. The highest BCUT2D eigenvalue weighted by molar-refractivity contribution is 6.12. The molecule has 0 spiro atoms. The molecule has 0 unspecified atom stereocenters. The predicted octanol–water partition coefficient (Wildman–Crippen LogP) is 3.36. The van der Waals surface area contributed by atoms with Gasteiger partial charge >= 0.3 is 0 Å². The molecule has 1 N–H and O–H groups in total. The first-order valence-electron chi connectivity index (χ1n) is 7.63. The van der Waals surface area contributed by atoms with Crippen LogP contribution in [0, 0.1) is 13.8 Å². The highest BCUT2D eigenvalue weighted by atomic mass is 16.6. The fraction of sp³-hybridized carbons (Fsp3) is 0.294. The maximum Gasteiger partial charge on any atom is 0.257 e. The second-order valence-electron chi connectivity index (χ2n) is 6.04. The topological polar surface area (TPSA) is 80.9 Å². The van der Waals surface area contributed by atoms with Crippen LogP contribution < -0.4 is 5.32 Å². The molecule has 1 fully saturated rings. The molecule has 116 valence electrons. The fourth-order valence-electron chi connectivity index (χ4n) is 2.66. The van der Waals surface area contributed by atoms with Crippen molar-refractivity contribution >= 4 is 22.6 Å². The number of pyridine rings is 1. The normalized spacial score (nSPS) is 14.2. The van der Waals surface area contributed by atoms with Gasteiger partial charge in [-0.25, -0.2) is 4.63 Å². The van der Waals surface area contributed by atoms with Crippen molar-refractivity contribution in [1.29, 1.82) is 0 Å². The number of nitrogens with zero attached hydrogens (tertiary/aromatic N) is 3. The van der Waals surface area contributed by atoms with Gasteiger partial charge in [-0.05, 0) is 50.0 Å². The van der Waals surface area contributed by atoms with Crippen LogP contribution in [0.1, 0.15) is 46.1 Å². The first-order valence-corrected chi connectivity index (χ1v) is 7.63. The Bertz CT molecular complexity index is 912. The lowest BCUT2D eigenvalue weighted by Crippen LogP contribution is -2.14. The Balaban J connectivity index is 1.81. The summed E-state index contributed by atoms with van der Waals surface area (Å²) in [5, 5.41) is 11.0. The van der Waals surface area contributed by atoms with Gasteiger partial charge < -0.3 is 5.32 Å². The van der Waals surface area contributed by atoms with Crippen molar-refractivity contribution in [2.45, 2.75) is 32.6 Å². The maximum atomic E-state index is 12.7. The molecular weight excluding hydrogens is 292 g/mol. The van der Waals surface area contributed by atoms with Crippen LogP contribution in [-0.2, 0) is 0 Å². The van der Waals surface area contributed by atoms with Crippen molar-refractivity contribution in [2.75, 3.05) is 5.32 Å². The minimum absolute atomic E-state index is 0.219. The van der Waals surface area contributed by atoms with Gasteiger partial charge in [-0.1, -0.05) is 16.8 Å². The minimum Gasteiger partial charge on any atom is -0.302 e.